The molecule has 1 aromatic heterocycles. The molecule has 0 amide bonds. The Labute approximate surface area is 242 Å². The van der Waals surface area contributed by atoms with E-state index in [1.54, 1.807) is 14.2 Å². The van der Waals surface area contributed by atoms with Crippen LogP contribution in [0.15, 0.2) is 0 Å². The Morgan fingerprint density at radius 1 is 0.875 bits per heavy atom. The molecule has 0 unspecified atom stereocenters. The molecule has 0 aromatic carbocycles. The molecule has 4 saturated carbocycles. The summed E-state index contributed by atoms with van der Waals surface area (Å²) < 4.78 is 20.0. The van der Waals surface area contributed by atoms with Gasteiger partial charge in [0, 0.05) is 19.6 Å². The molecule has 1 aliphatic heterocycles. The van der Waals surface area contributed by atoms with Gasteiger partial charge in [0.05, 0.1) is 30.6 Å². The molecule has 224 valence electrons. The zero-order chi connectivity index (χ0) is 28.5. The van der Waals surface area contributed by atoms with Gasteiger partial charge < -0.3 is 14.2 Å². The zero-order valence-electron chi connectivity index (χ0n) is 26.8. The molecule has 6 heteroatoms. The number of ether oxygens (including phenoxy) is 3. The van der Waals surface area contributed by atoms with Crippen LogP contribution in [0.4, 0.5) is 0 Å². The molecule has 0 N–H and O–H groups in total. The Kier molecular flexibility index (Phi) is 5.96. The van der Waals surface area contributed by atoms with E-state index in [0.717, 1.165) is 24.9 Å². The Morgan fingerprint density at radius 2 is 1.60 bits per heavy atom. The maximum atomic E-state index is 6.78. The topological polar surface area (TPSA) is 58.4 Å². The molecule has 7 rings (SSSR count). The van der Waals surface area contributed by atoms with E-state index >= 15 is 0 Å². The fourth-order valence-corrected chi connectivity index (χ4v) is 13.0. The highest BCUT2D eigenvalue weighted by molar-refractivity contribution is 5.32. The van der Waals surface area contributed by atoms with Crippen LogP contribution in [0.25, 0.3) is 0 Å². The normalized spacial score (nSPS) is 48.1. The van der Waals surface area contributed by atoms with Gasteiger partial charge in [0.2, 0.25) is 0 Å². The minimum Gasteiger partial charge on any atom is -0.377 e. The van der Waals surface area contributed by atoms with Crippen LogP contribution in [-0.4, -0.2) is 48.2 Å². The summed E-state index contributed by atoms with van der Waals surface area (Å²) in [5, 5.41) is 9.55. The maximum Gasteiger partial charge on any atom is 0.176 e. The minimum atomic E-state index is -0.307. The van der Waals surface area contributed by atoms with Crippen LogP contribution in [0, 0.1) is 50.7 Å². The zero-order valence-corrected chi connectivity index (χ0v) is 26.8. The van der Waals surface area contributed by atoms with Crippen molar-refractivity contribution in [1.82, 2.24) is 15.0 Å². The first-order valence-corrected chi connectivity index (χ1v) is 16.4. The summed E-state index contributed by atoms with van der Waals surface area (Å²) in [5.41, 5.74) is 4.27. The monoisotopic (exact) mass is 553 g/mol. The maximum absolute atomic E-state index is 6.78. The van der Waals surface area contributed by atoms with Gasteiger partial charge >= 0.3 is 0 Å². The highest BCUT2D eigenvalue weighted by atomic mass is 16.7. The van der Waals surface area contributed by atoms with E-state index in [0.29, 0.717) is 46.1 Å². The van der Waals surface area contributed by atoms with E-state index in [9.17, 15) is 0 Å². The van der Waals surface area contributed by atoms with Gasteiger partial charge in [0.1, 0.15) is 0 Å². The van der Waals surface area contributed by atoms with Crippen molar-refractivity contribution in [2.75, 3.05) is 20.8 Å². The summed E-state index contributed by atoms with van der Waals surface area (Å²) in [6, 6.07) is 0. The van der Waals surface area contributed by atoms with Crippen molar-refractivity contribution < 1.29 is 14.2 Å². The molecule has 2 heterocycles. The summed E-state index contributed by atoms with van der Waals surface area (Å²) in [6.07, 6.45) is 12.1. The lowest BCUT2D eigenvalue weighted by atomic mass is 9.31. The number of hydrogen-bond donors (Lipinski definition) is 0. The second-order valence-corrected chi connectivity index (χ2v) is 17.1. The third-order valence-corrected chi connectivity index (χ3v) is 15.1. The third-order valence-electron chi connectivity index (χ3n) is 15.1. The van der Waals surface area contributed by atoms with Gasteiger partial charge in [-0.05, 0) is 109 Å². The first-order chi connectivity index (χ1) is 18.8. The van der Waals surface area contributed by atoms with Crippen LogP contribution in [0.1, 0.15) is 111 Å². The van der Waals surface area contributed by atoms with Gasteiger partial charge in [-0.3, -0.25) is 0 Å². The minimum absolute atomic E-state index is 0.00785. The lowest BCUT2D eigenvalue weighted by Crippen LogP contribution is -2.67. The van der Waals surface area contributed by atoms with E-state index in [1.165, 1.54) is 62.8 Å². The smallest absolute Gasteiger partial charge is 0.176 e. The van der Waals surface area contributed by atoms with E-state index in [-0.39, 0.29) is 17.1 Å². The summed E-state index contributed by atoms with van der Waals surface area (Å²) >= 11 is 0. The Morgan fingerprint density at radius 3 is 2.33 bits per heavy atom. The van der Waals surface area contributed by atoms with Crippen molar-refractivity contribution in [3.8, 4) is 0 Å². The molecule has 6 aliphatic rings. The van der Waals surface area contributed by atoms with Gasteiger partial charge in [0.25, 0.3) is 0 Å². The van der Waals surface area contributed by atoms with Crippen LogP contribution in [0.2, 0.25) is 0 Å². The molecule has 2 bridgehead atoms. The predicted molar refractivity (Wildman–Crippen MR) is 156 cm³/mol. The van der Waals surface area contributed by atoms with Gasteiger partial charge in [-0.25, -0.2) is 4.68 Å². The van der Waals surface area contributed by atoms with Crippen molar-refractivity contribution in [3.63, 3.8) is 0 Å². The molecule has 40 heavy (non-hydrogen) atoms. The van der Waals surface area contributed by atoms with Crippen LogP contribution < -0.4 is 0 Å². The first kappa shape index (κ1) is 27.8. The molecule has 1 saturated heterocycles. The van der Waals surface area contributed by atoms with Gasteiger partial charge in [-0.15, -0.1) is 5.10 Å². The van der Waals surface area contributed by atoms with E-state index in [4.69, 9.17) is 24.5 Å². The molecule has 1 aromatic rings. The van der Waals surface area contributed by atoms with Crippen molar-refractivity contribution in [1.29, 1.82) is 0 Å². The third kappa shape index (κ3) is 3.28. The van der Waals surface area contributed by atoms with Gasteiger partial charge in [0.15, 0.2) is 6.29 Å². The lowest BCUT2D eigenvalue weighted by molar-refractivity contribution is -0.233. The van der Waals surface area contributed by atoms with Crippen LogP contribution in [0.5, 0.6) is 0 Å². The molecule has 0 radical (unpaired) electrons. The van der Waals surface area contributed by atoms with E-state index in [2.05, 4.69) is 53.1 Å². The Hall–Kier alpha value is -0.980. The lowest BCUT2D eigenvalue weighted by Gasteiger charge is -2.72. The summed E-state index contributed by atoms with van der Waals surface area (Å²) in [4.78, 5) is 0. The largest absolute Gasteiger partial charge is 0.377 e. The van der Waals surface area contributed by atoms with Crippen LogP contribution in [-0.2, 0) is 32.6 Å². The number of methoxy groups -OCH3 is 2. The molecule has 5 fully saturated rings. The molecule has 0 spiro atoms. The van der Waals surface area contributed by atoms with E-state index < -0.39 is 0 Å². The number of hydrogen-bond acceptors (Lipinski definition) is 5. The standard InChI is InChI=1S/C34H55N3O3/c1-29(2)14-16-34-17-15-32(6)21(26(34)28(29)40-20-34)10-11-24-31(5)18-22-27(37(36-35-22)19-25(38-8)39-9)30(3,4)23(31)12-13-33(24,32)7/h21,23-26,28H,10-20H2,1-9H3/t21-,23+,24-,26+,28-,31+,32-,33-,34-/m1/s1. The second-order valence-electron chi connectivity index (χ2n) is 17.1. The van der Waals surface area contributed by atoms with Gasteiger partial charge in [-0.2, -0.15) is 0 Å². The van der Waals surface area contributed by atoms with Crippen LogP contribution >= 0.6 is 0 Å². The fraction of sp³-hybridized carbons (Fsp3) is 0.941. The van der Waals surface area contributed by atoms with Crippen molar-refractivity contribution >= 4 is 0 Å². The quantitative estimate of drug-likeness (QED) is 0.384. The van der Waals surface area contributed by atoms with Crippen molar-refractivity contribution in [2.24, 2.45) is 50.7 Å². The summed E-state index contributed by atoms with van der Waals surface area (Å²) in [6.45, 7) is 19.7. The van der Waals surface area contributed by atoms with Crippen molar-refractivity contribution in [3.05, 3.63) is 11.4 Å². The average Bonchev–Trinajstić information content (AvgIpc) is 3.45. The molecule has 5 aliphatic carbocycles. The predicted octanol–water partition coefficient (Wildman–Crippen LogP) is 6.80. The fourth-order valence-electron chi connectivity index (χ4n) is 13.0. The molecular weight excluding hydrogens is 498 g/mol. The van der Waals surface area contributed by atoms with Crippen molar-refractivity contribution in [2.45, 2.75) is 131 Å². The first-order valence-electron chi connectivity index (χ1n) is 16.4. The average molecular weight is 554 g/mol. The number of fused-ring (bicyclic) bond motifs is 6. The number of nitrogens with zero attached hydrogens (tertiary/aromatic N) is 3. The number of aromatic nitrogens is 3. The second kappa shape index (κ2) is 8.56. The molecular formula is C34H55N3O3. The Balaban J connectivity index is 1.25. The molecule has 6 nitrogen and oxygen atoms in total. The highest BCUT2D eigenvalue weighted by Gasteiger charge is 2.73. The van der Waals surface area contributed by atoms with E-state index in [1.807, 2.05) is 0 Å². The molecule has 9 atom stereocenters. The summed E-state index contributed by atoms with van der Waals surface area (Å²) in [7, 11) is 3.41. The number of rotatable bonds is 4. The highest BCUT2D eigenvalue weighted by Crippen LogP contribution is 2.77. The Bertz CT molecular complexity index is 1170. The summed E-state index contributed by atoms with van der Waals surface area (Å²) in [5.74, 6) is 2.88. The van der Waals surface area contributed by atoms with Gasteiger partial charge in [-0.1, -0.05) is 53.7 Å². The van der Waals surface area contributed by atoms with Crippen LogP contribution in [0.3, 0.4) is 0 Å². The SMILES string of the molecule is COC(Cn1nnc2c1C(C)(C)[C@@H]1CC[C@]3(C)[C@H](CC[C@@H]4[C@H]5[C@H]6OC[C@@]5(CCC6(C)C)CC[C@]43C)[C@@]1(C)C2)OC.